The van der Waals surface area contributed by atoms with E-state index in [2.05, 4.69) is 0 Å². The van der Waals surface area contributed by atoms with E-state index in [0.717, 1.165) is 22.4 Å². The van der Waals surface area contributed by atoms with E-state index >= 15 is 0 Å². The van der Waals surface area contributed by atoms with Crippen LogP contribution in [0.3, 0.4) is 0 Å². The molecule has 0 heterocycles. The number of anilines is 1. The Labute approximate surface area is 175 Å². The summed E-state index contributed by atoms with van der Waals surface area (Å²) < 4.78 is 14.2. The number of nitrogens with zero attached hydrogens (tertiary/aromatic N) is 1. The van der Waals surface area contributed by atoms with Crippen molar-refractivity contribution in [3.63, 3.8) is 0 Å². The van der Waals surface area contributed by atoms with Crippen molar-refractivity contribution >= 4 is 23.2 Å². The average molecular weight is 411 g/mol. The van der Waals surface area contributed by atoms with Crippen molar-refractivity contribution < 1.29 is 9.18 Å². The number of rotatable bonds is 6. The fraction of sp³-hybridized carbons (Fsp3) is 0.208. The Kier molecular flexibility index (Phi) is 6.68. The number of benzene rings is 3. The van der Waals surface area contributed by atoms with E-state index in [1.807, 2.05) is 62.4 Å². The lowest BCUT2D eigenvalue weighted by Gasteiger charge is -2.27. The molecule has 0 radical (unpaired) electrons. The molecular formula is C24H24ClFN2O. The molecular weight excluding hydrogens is 387 g/mol. The van der Waals surface area contributed by atoms with E-state index < -0.39 is 6.04 Å². The quantitative estimate of drug-likeness (QED) is 0.593. The van der Waals surface area contributed by atoms with Crippen LogP contribution in [-0.2, 0) is 11.2 Å². The van der Waals surface area contributed by atoms with E-state index in [4.69, 9.17) is 17.3 Å². The maximum absolute atomic E-state index is 14.2. The first-order valence-corrected chi connectivity index (χ1v) is 9.87. The van der Waals surface area contributed by atoms with Gasteiger partial charge in [-0.3, -0.25) is 4.79 Å². The first-order chi connectivity index (χ1) is 13.9. The smallest absolute Gasteiger partial charge is 0.248 e. The summed E-state index contributed by atoms with van der Waals surface area (Å²) in [5.41, 5.74) is 10.5. The van der Waals surface area contributed by atoms with Gasteiger partial charge in [0.05, 0.1) is 0 Å². The molecule has 3 nitrogen and oxygen atoms in total. The van der Waals surface area contributed by atoms with Crippen LogP contribution in [0, 0.1) is 19.7 Å². The van der Waals surface area contributed by atoms with Crippen LogP contribution >= 0.6 is 11.6 Å². The molecule has 3 aromatic carbocycles. The summed E-state index contributed by atoms with van der Waals surface area (Å²) in [6, 6.07) is 18.9. The van der Waals surface area contributed by atoms with Gasteiger partial charge in [0.15, 0.2) is 0 Å². The van der Waals surface area contributed by atoms with Gasteiger partial charge in [0.2, 0.25) is 5.91 Å². The highest BCUT2D eigenvalue weighted by Crippen LogP contribution is 2.24. The highest BCUT2D eigenvalue weighted by atomic mass is 35.5. The molecule has 1 amide bonds. The van der Waals surface area contributed by atoms with Gasteiger partial charge in [0, 0.05) is 17.3 Å². The van der Waals surface area contributed by atoms with Gasteiger partial charge in [-0.25, -0.2) is 4.39 Å². The molecule has 150 valence electrons. The summed E-state index contributed by atoms with van der Waals surface area (Å²) in [6.07, 6.45) is 0.350. The molecule has 0 aliphatic carbocycles. The minimum atomic E-state index is -0.798. The molecule has 1 atom stereocenters. The predicted molar refractivity (Wildman–Crippen MR) is 117 cm³/mol. The maximum atomic E-state index is 14.2. The molecule has 0 saturated carbocycles. The van der Waals surface area contributed by atoms with Crippen LogP contribution < -0.4 is 10.6 Å². The van der Waals surface area contributed by atoms with E-state index in [9.17, 15) is 9.18 Å². The van der Waals surface area contributed by atoms with Gasteiger partial charge in [-0.2, -0.15) is 0 Å². The lowest BCUT2D eigenvalue weighted by atomic mass is 10.0. The topological polar surface area (TPSA) is 46.3 Å². The molecule has 3 aromatic rings. The van der Waals surface area contributed by atoms with Crippen LogP contribution in [0.1, 0.15) is 28.3 Å². The van der Waals surface area contributed by atoms with Crippen molar-refractivity contribution in [2.45, 2.75) is 26.3 Å². The second-order valence-electron chi connectivity index (χ2n) is 7.13. The molecule has 29 heavy (non-hydrogen) atoms. The van der Waals surface area contributed by atoms with Gasteiger partial charge >= 0.3 is 0 Å². The van der Waals surface area contributed by atoms with Gasteiger partial charge < -0.3 is 10.6 Å². The summed E-state index contributed by atoms with van der Waals surface area (Å²) in [4.78, 5) is 14.9. The third kappa shape index (κ3) is 5.03. The van der Waals surface area contributed by atoms with Crippen molar-refractivity contribution in [1.29, 1.82) is 0 Å². The Morgan fingerprint density at radius 1 is 1.03 bits per heavy atom. The predicted octanol–water partition coefficient (Wildman–Crippen LogP) is 5.37. The zero-order valence-corrected chi connectivity index (χ0v) is 17.3. The number of nitrogens with two attached hydrogens (primary N) is 1. The van der Waals surface area contributed by atoms with Gasteiger partial charge in [-0.1, -0.05) is 54.1 Å². The van der Waals surface area contributed by atoms with E-state index in [1.54, 1.807) is 17.0 Å². The standard InChI is InChI=1S/C24H24ClFN2O/c1-16-8-11-21(14-17(16)2)28(13-12-18-9-10-20(25)15-22(18)26)24(29)23(27)19-6-4-3-5-7-19/h3-11,14-15,23H,12-13,27H2,1-2H3. The SMILES string of the molecule is Cc1ccc(N(CCc2ccc(Cl)cc2F)C(=O)C(N)c2ccccc2)cc1C. The van der Waals surface area contributed by atoms with Gasteiger partial charge in [0.25, 0.3) is 0 Å². The lowest BCUT2D eigenvalue weighted by molar-refractivity contribution is -0.120. The summed E-state index contributed by atoms with van der Waals surface area (Å²) in [7, 11) is 0. The molecule has 0 aromatic heterocycles. The largest absolute Gasteiger partial charge is 0.316 e. The number of hydrogen-bond donors (Lipinski definition) is 1. The molecule has 0 aliphatic heterocycles. The van der Waals surface area contributed by atoms with Crippen LogP contribution in [0.2, 0.25) is 5.02 Å². The Bertz CT molecular complexity index is 1010. The number of hydrogen-bond acceptors (Lipinski definition) is 2. The Balaban J connectivity index is 1.90. The number of amides is 1. The second kappa shape index (κ2) is 9.21. The normalized spacial score (nSPS) is 11.9. The molecule has 3 rings (SSSR count). The average Bonchev–Trinajstić information content (AvgIpc) is 2.72. The van der Waals surface area contributed by atoms with E-state index in [0.29, 0.717) is 23.6 Å². The zero-order chi connectivity index (χ0) is 21.0. The van der Waals surface area contributed by atoms with Crippen LogP contribution in [0.15, 0.2) is 66.7 Å². The second-order valence-corrected chi connectivity index (χ2v) is 7.57. The highest BCUT2D eigenvalue weighted by Gasteiger charge is 2.24. The minimum absolute atomic E-state index is 0.228. The van der Waals surface area contributed by atoms with Crippen LogP contribution in [-0.4, -0.2) is 12.5 Å². The third-order valence-corrected chi connectivity index (χ3v) is 5.35. The molecule has 0 saturated heterocycles. The molecule has 0 fully saturated rings. The highest BCUT2D eigenvalue weighted by molar-refractivity contribution is 6.30. The number of aryl methyl sites for hydroxylation is 2. The fourth-order valence-corrected chi connectivity index (χ4v) is 3.35. The summed E-state index contributed by atoms with van der Waals surface area (Å²) in [5.74, 6) is -0.605. The van der Waals surface area contributed by atoms with Gasteiger partial charge in [-0.15, -0.1) is 0 Å². The molecule has 0 aliphatic rings. The summed E-state index contributed by atoms with van der Waals surface area (Å²) in [5, 5.41) is 0.347. The van der Waals surface area contributed by atoms with Crippen LogP contribution in [0.4, 0.5) is 10.1 Å². The van der Waals surface area contributed by atoms with Gasteiger partial charge in [-0.05, 0) is 66.8 Å². The Morgan fingerprint density at radius 2 is 1.76 bits per heavy atom. The molecule has 5 heteroatoms. The van der Waals surface area contributed by atoms with Crippen molar-refractivity contribution in [1.82, 2.24) is 0 Å². The Morgan fingerprint density at radius 3 is 2.41 bits per heavy atom. The first kappa shape index (κ1) is 21.0. The van der Waals surface area contributed by atoms with Crippen molar-refractivity contribution in [3.05, 3.63) is 99.8 Å². The lowest BCUT2D eigenvalue weighted by Crippen LogP contribution is -2.40. The number of carbonyl (C=O) groups excluding carboxylic acids is 1. The Hall–Kier alpha value is -2.69. The minimum Gasteiger partial charge on any atom is -0.316 e. The van der Waals surface area contributed by atoms with Crippen molar-refractivity contribution in [2.24, 2.45) is 5.73 Å². The molecule has 1 unspecified atom stereocenters. The molecule has 0 bridgehead atoms. The molecule has 0 spiro atoms. The monoisotopic (exact) mass is 410 g/mol. The van der Waals surface area contributed by atoms with Gasteiger partial charge in [0.1, 0.15) is 11.9 Å². The third-order valence-electron chi connectivity index (χ3n) is 5.11. The van der Waals surface area contributed by atoms with E-state index in [-0.39, 0.29) is 11.7 Å². The zero-order valence-electron chi connectivity index (χ0n) is 16.5. The fourth-order valence-electron chi connectivity index (χ4n) is 3.19. The number of carbonyl (C=O) groups is 1. The first-order valence-electron chi connectivity index (χ1n) is 9.50. The molecule has 2 N–H and O–H groups in total. The van der Waals surface area contributed by atoms with Crippen molar-refractivity contribution in [2.75, 3.05) is 11.4 Å². The van der Waals surface area contributed by atoms with E-state index in [1.165, 1.54) is 6.07 Å². The summed E-state index contributed by atoms with van der Waals surface area (Å²) in [6.45, 7) is 4.32. The van der Waals surface area contributed by atoms with Crippen LogP contribution in [0.25, 0.3) is 0 Å². The number of halogens is 2. The van der Waals surface area contributed by atoms with Crippen molar-refractivity contribution in [3.8, 4) is 0 Å². The maximum Gasteiger partial charge on any atom is 0.248 e. The summed E-state index contributed by atoms with van der Waals surface area (Å²) >= 11 is 5.85. The van der Waals surface area contributed by atoms with Crippen LogP contribution in [0.5, 0.6) is 0 Å².